The molecule has 162 valence electrons. The maximum Gasteiger partial charge on any atom is 0.263 e. The van der Waals surface area contributed by atoms with Gasteiger partial charge in [-0.3, -0.25) is 9.52 Å². The summed E-state index contributed by atoms with van der Waals surface area (Å²) in [6.45, 7) is 4.49. The lowest BCUT2D eigenvalue weighted by atomic mass is 10.0. The Morgan fingerprint density at radius 3 is 2.60 bits per heavy atom. The van der Waals surface area contributed by atoms with E-state index >= 15 is 0 Å². The molecule has 1 amide bonds. The minimum absolute atomic E-state index is 0.0271. The second kappa shape index (κ2) is 8.95. The summed E-state index contributed by atoms with van der Waals surface area (Å²) in [5.74, 6) is -1.90. The number of pyridine rings is 1. The van der Waals surface area contributed by atoms with Crippen LogP contribution in [0.1, 0.15) is 33.1 Å². The second-order valence-corrected chi connectivity index (χ2v) is 9.04. The molecule has 0 spiro atoms. The number of aromatic nitrogens is 1. The van der Waals surface area contributed by atoms with Gasteiger partial charge in [-0.05, 0) is 57.4 Å². The molecule has 2 atom stereocenters. The third-order valence-electron chi connectivity index (χ3n) is 5.04. The largest absolute Gasteiger partial charge is 0.359 e. The molecule has 10 heteroatoms. The zero-order chi connectivity index (χ0) is 21.9. The fourth-order valence-electron chi connectivity index (χ4n) is 3.36. The molecule has 0 aliphatic carbocycles. The van der Waals surface area contributed by atoms with Crippen LogP contribution >= 0.6 is 0 Å². The van der Waals surface area contributed by atoms with Crippen LogP contribution in [0.2, 0.25) is 0 Å². The number of carbonyl (C=O) groups is 1. The molecule has 0 radical (unpaired) electrons. The first-order valence-corrected chi connectivity index (χ1v) is 11.2. The van der Waals surface area contributed by atoms with Crippen LogP contribution in [-0.2, 0) is 14.8 Å². The van der Waals surface area contributed by atoms with Crippen molar-refractivity contribution >= 4 is 27.4 Å². The van der Waals surface area contributed by atoms with E-state index < -0.39 is 27.7 Å². The molecule has 0 bridgehead atoms. The number of carbonyl (C=O) groups excluding carboxylic acids is 1. The Bertz CT molecular complexity index is 1020. The number of halogens is 2. The van der Waals surface area contributed by atoms with Crippen molar-refractivity contribution < 1.29 is 22.0 Å². The molecule has 1 saturated heterocycles. The van der Waals surface area contributed by atoms with Gasteiger partial charge in [-0.1, -0.05) is 0 Å². The molecule has 1 fully saturated rings. The van der Waals surface area contributed by atoms with Gasteiger partial charge >= 0.3 is 0 Å². The minimum atomic E-state index is -4.03. The van der Waals surface area contributed by atoms with Gasteiger partial charge in [0.2, 0.25) is 5.91 Å². The highest BCUT2D eigenvalue weighted by molar-refractivity contribution is 7.92. The van der Waals surface area contributed by atoms with Gasteiger partial charge in [0.05, 0.1) is 5.69 Å². The number of hydrogen-bond donors (Lipinski definition) is 2. The highest BCUT2D eigenvalue weighted by atomic mass is 32.2. The van der Waals surface area contributed by atoms with E-state index in [1.807, 2.05) is 11.8 Å². The molecule has 3 rings (SSSR count). The van der Waals surface area contributed by atoms with Gasteiger partial charge < -0.3 is 10.2 Å². The first kappa shape index (κ1) is 21.9. The molecule has 2 N–H and O–H groups in total. The van der Waals surface area contributed by atoms with E-state index in [1.165, 1.54) is 12.1 Å². The SMILES string of the molecule is CC(Nc1ccc(S(=O)(=O)Nc2ccc(F)c(F)c2)cn1)C(=O)N1CCCCC1C. The Balaban J connectivity index is 1.66. The average Bonchev–Trinajstić information content (AvgIpc) is 2.71. The van der Waals surface area contributed by atoms with Crippen LogP contribution in [0, 0.1) is 11.6 Å². The van der Waals surface area contributed by atoms with E-state index in [9.17, 15) is 22.0 Å². The van der Waals surface area contributed by atoms with E-state index in [2.05, 4.69) is 15.0 Å². The van der Waals surface area contributed by atoms with Crippen LogP contribution in [0.3, 0.4) is 0 Å². The van der Waals surface area contributed by atoms with Gasteiger partial charge in [0.15, 0.2) is 11.6 Å². The molecule has 1 aliphatic rings. The zero-order valence-electron chi connectivity index (χ0n) is 16.7. The highest BCUT2D eigenvalue weighted by Gasteiger charge is 2.27. The van der Waals surface area contributed by atoms with Crippen molar-refractivity contribution in [1.82, 2.24) is 9.88 Å². The highest BCUT2D eigenvalue weighted by Crippen LogP contribution is 2.20. The van der Waals surface area contributed by atoms with Gasteiger partial charge in [0, 0.05) is 24.8 Å². The van der Waals surface area contributed by atoms with Crippen molar-refractivity contribution in [3.8, 4) is 0 Å². The Morgan fingerprint density at radius 2 is 1.97 bits per heavy atom. The number of rotatable bonds is 6. The van der Waals surface area contributed by atoms with Crippen molar-refractivity contribution in [2.75, 3.05) is 16.6 Å². The Labute approximate surface area is 174 Å². The molecule has 7 nitrogen and oxygen atoms in total. The monoisotopic (exact) mass is 438 g/mol. The number of anilines is 2. The van der Waals surface area contributed by atoms with Crippen molar-refractivity contribution in [3.63, 3.8) is 0 Å². The average molecular weight is 439 g/mol. The number of nitrogens with one attached hydrogen (secondary N) is 2. The summed E-state index contributed by atoms with van der Waals surface area (Å²) < 4.78 is 53.3. The van der Waals surface area contributed by atoms with Crippen molar-refractivity contribution in [3.05, 3.63) is 48.2 Å². The maximum atomic E-state index is 13.3. The fraction of sp³-hybridized carbons (Fsp3) is 0.400. The number of hydrogen-bond acceptors (Lipinski definition) is 5. The first-order chi connectivity index (χ1) is 14.2. The molecular formula is C20H24F2N4O3S. The molecule has 0 saturated carbocycles. The van der Waals surface area contributed by atoms with Gasteiger partial charge in [-0.2, -0.15) is 0 Å². The van der Waals surface area contributed by atoms with Gasteiger partial charge in [0.25, 0.3) is 10.0 Å². The van der Waals surface area contributed by atoms with Crippen LogP contribution in [0.5, 0.6) is 0 Å². The van der Waals surface area contributed by atoms with Gasteiger partial charge in [-0.15, -0.1) is 0 Å². The third kappa shape index (κ3) is 5.05. The van der Waals surface area contributed by atoms with Crippen LogP contribution in [0.15, 0.2) is 41.4 Å². The second-order valence-electron chi connectivity index (χ2n) is 7.36. The van der Waals surface area contributed by atoms with E-state index in [0.717, 1.165) is 50.2 Å². The first-order valence-electron chi connectivity index (χ1n) is 9.68. The third-order valence-corrected chi connectivity index (χ3v) is 6.41. The summed E-state index contributed by atoms with van der Waals surface area (Å²) in [7, 11) is -4.03. The summed E-state index contributed by atoms with van der Waals surface area (Å²) in [6.07, 6.45) is 4.21. The lowest BCUT2D eigenvalue weighted by Crippen LogP contribution is -2.48. The predicted molar refractivity (Wildman–Crippen MR) is 110 cm³/mol. The quantitative estimate of drug-likeness (QED) is 0.722. The van der Waals surface area contributed by atoms with Crippen LogP contribution in [0.4, 0.5) is 20.3 Å². The normalized spacial score (nSPS) is 18.0. The number of amides is 1. The Morgan fingerprint density at radius 1 is 1.20 bits per heavy atom. The lowest BCUT2D eigenvalue weighted by Gasteiger charge is -2.35. The predicted octanol–water partition coefficient (Wildman–Crippen LogP) is 3.36. The zero-order valence-corrected chi connectivity index (χ0v) is 17.5. The van der Waals surface area contributed by atoms with Crippen molar-refractivity contribution in [2.24, 2.45) is 0 Å². The molecule has 1 aromatic carbocycles. The Kier molecular flexibility index (Phi) is 6.55. The molecule has 30 heavy (non-hydrogen) atoms. The summed E-state index contributed by atoms with van der Waals surface area (Å²) in [6, 6.07) is 5.15. The van der Waals surface area contributed by atoms with Gasteiger partial charge in [0.1, 0.15) is 16.8 Å². The molecule has 2 aromatic rings. The number of piperidine rings is 1. The maximum absolute atomic E-state index is 13.3. The van der Waals surface area contributed by atoms with Crippen LogP contribution in [0.25, 0.3) is 0 Å². The Hall–Kier alpha value is -2.75. The number of sulfonamides is 1. The van der Waals surface area contributed by atoms with E-state index in [0.29, 0.717) is 5.82 Å². The summed E-state index contributed by atoms with van der Waals surface area (Å²) >= 11 is 0. The molecule has 2 unspecified atom stereocenters. The topological polar surface area (TPSA) is 91.4 Å². The van der Waals surface area contributed by atoms with E-state index in [-0.39, 0.29) is 22.5 Å². The summed E-state index contributed by atoms with van der Waals surface area (Å²) in [4.78, 5) is 18.4. The van der Waals surface area contributed by atoms with E-state index in [1.54, 1.807) is 6.92 Å². The van der Waals surface area contributed by atoms with Crippen LogP contribution < -0.4 is 10.0 Å². The fourth-order valence-corrected chi connectivity index (χ4v) is 4.35. The van der Waals surface area contributed by atoms with Gasteiger partial charge in [-0.25, -0.2) is 22.2 Å². The molecule has 2 heterocycles. The number of likely N-dealkylation sites (tertiary alicyclic amines) is 1. The summed E-state index contributed by atoms with van der Waals surface area (Å²) in [5.41, 5.74) is -0.106. The van der Waals surface area contributed by atoms with E-state index in [4.69, 9.17) is 0 Å². The smallest absolute Gasteiger partial charge is 0.263 e. The lowest BCUT2D eigenvalue weighted by molar-refractivity contribution is -0.134. The summed E-state index contributed by atoms with van der Waals surface area (Å²) in [5, 5.41) is 2.99. The number of nitrogens with zero attached hydrogens (tertiary/aromatic N) is 2. The molecule has 1 aliphatic heterocycles. The van der Waals surface area contributed by atoms with Crippen LogP contribution in [-0.4, -0.2) is 42.8 Å². The standard InChI is InChI=1S/C20H24F2N4O3S/c1-13-5-3-4-10-26(13)20(27)14(2)24-19-9-7-16(12-23-19)30(28,29)25-15-6-8-17(21)18(22)11-15/h6-9,11-14,25H,3-5,10H2,1-2H3,(H,23,24). The molecular weight excluding hydrogens is 414 g/mol. The van der Waals surface area contributed by atoms with Crippen molar-refractivity contribution in [1.29, 1.82) is 0 Å². The van der Waals surface area contributed by atoms with Crippen molar-refractivity contribution in [2.45, 2.75) is 50.1 Å². The number of benzene rings is 1. The molecule has 1 aromatic heterocycles. The minimum Gasteiger partial charge on any atom is -0.359 e.